The van der Waals surface area contributed by atoms with Crippen molar-refractivity contribution in [2.75, 3.05) is 64.8 Å². The van der Waals surface area contributed by atoms with Crippen molar-refractivity contribution >= 4 is 54.4 Å². The number of carbonyl (C=O) groups excluding carboxylic acids is 1. The summed E-state index contributed by atoms with van der Waals surface area (Å²) in [6.45, 7) is 1.99. The fraction of sp³-hybridized carbons (Fsp3) is 0.462. The molecule has 0 aliphatic carbocycles. The van der Waals surface area contributed by atoms with Gasteiger partial charge in [0.05, 0.1) is 41.0 Å². The predicted molar refractivity (Wildman–Crippen MR) is 151 cm³/mol. The van der Waals surface area contributed by atoms with Crippen LogP contribution in [0.3, 0.4) is 0 Å². The molecule has 9 nitrogen and oxygen atoms in total. The molecule has 3 aromatic rings. The second-order valence-electron chi connectivity index (χ2n) is 8.77. The Bertz CT molecular complexity index is 1320. The number of ether oxygens (including phenoxy) is 3. The Balaban J connectivity index is 1.62. The van der Waals surface area contributed by atoms with Crippen LogP contribution in [0.2, 0.25) is 0 Å². The van der Waals surface area contributed by atoms with Gasteiger partial charge in [-0.05, 0) is 55.5 Å². The van der Waals surface area contributed by atoms with E-state index in [0.29, 0.717) is 23.8 Å². The first-order chi connectivity index (χ1) is 18.4. The monoisotopic (exact) mass is 579 g/mol. The summed E-state index contributed by atoms with van der Waals surface area (Å²) < 4.78 is 44.9. The first-order valence-corrected chi connectivity index (χ1v) is 15.8. The van der Waals surface area contributed by atoms with Gasteiger partial charge in [0.15, 0.2) is 5.13 Å². The molecule has 1 saturated heterocycles. The molecule has 2 heterocycles. The maximum absolute atomic E-state index is 13.8. The minimum atomic E-state index is -3.79. The highest BCUT2D eigenvalue weighted by molar-refractivity contribution is 7.98. The van der Waals surface area contributed by atoms with E-state index in [1.165, 1.54) is 42.0 Å². The van der Waals surface area contributed by atoms with Crippen molar-refractivity contribution in [2.45, 2.75) is 28.7 Å². The molecular weight excluding hydrogens is 547 g/mol. The lowest BCUT2D eigenvalue weighted by Gasteiger charge is -2.24. The van der Waals surface area contributed by atoms with E-state index in [-0.39, 0.29) is 43.2 Å². The SMILES string of the molecule is COCCN(CCOC)S(=O)(=O)c1ccc(C(=O)N(CC2CCCO2)c2nc3c(SC)cccc3s2)cc1. The summed E-state index contributed by atoms with van der Waals surface area (Å²) in [5.74, 6) is -0.246. The second-order valence-corrected chi connectivity index (χ2v) is 12.6. The van der Waals surface area contributed by atoms with E-state index in [1.807, 2.05) is 24.5 Å². The maximum Gasteiger partial charge on any atom is 0.260 e. The number of rotatable bonds is 13. The van der Waals surface area contributed by atoms with Crippen LogP contribution < -0.4 is 4.90 Å². The molecule has 0 bridgehead atoms. The molecule has 12 heteroatoms. The largest absolute Gasteiger partial charge is 0.383 e. The molecule has 0 saturated carbocycles. The number of hydrogen-bond donors (Lipinski definition) is 0. The van der Waals surface area contributed by atoms with Crippen LogP contribution in [0.25, 0.3) is 10.2 Å². The third-order valence-electron chi connectivity index (χ3n) is 6.31. The molecule has 1 atom stereocenters. The summed E-state index contributed by atoms with van der Waals surface area (Å²) in [7, 11) is -0.738. The first-order valence-electron chi connectivity index (χ1n) is 12.3. The summed E-state index contributed by atoms with van der Waals surface area (Å²) in [6, 6.07) is 12.1. The third kappa shape index (κ3) is 6.56. The van der Waals surface area contributed by atoms with Crippen LogP contribution in [0.15, 0.2) is 52.3 Å². The van der Waals surface area contributed by atoms with E-state index >= 15 is 0 Å². The van der Waals surface area contributed by atoms with Gasteiger partial charge < -0.3 is 14.2 Å². The van der Waals surface area contributed by atoms with Gasteiger partial charge in [-0.3, -0.25) is 9.69 Å². The molecule has 0 radical (unpaired) electrons. The molecule has 206 valence electrons. The molecular formula is C26H33N3O6S3. The fourth-order valence-corrected chi connectivity index (χ4v) is 7.28. The Labute approximate surface area is 232 Å². The normalized spacial score (nSPS) is 15.9. The molecule has 4 rings (SSSR count). The second kappa shape index (κ2) is 13.3. The third-order valence-corrected chi connectivity index (χ3v) is 10.0. The molecule has 1 aromatic heterocycles. The number of aromatic nitrogens is 1. The first kappa shape index (κ1) is 28.9. The van der Waals surface area contributed by atoms with Crippen molar-refractivity contribution in [3.05, 3.63) is 48.0 Å². The van der Waals surface area contributed by atoms with E-state index in [1.54, 1.807) is 28.8 Å². The Morgan fingerprint density at radius 2 is 1.84 bits per heavy atom. The van der Waals surface area contributed by atoms with Crippen molar-refractivity contribution in [2.24, 2.45) is 0 Å². The van der Waals surface area contributed by atoms with Crippen LogP contribution in [0.1, 0.15) is 23.2 Å². The number of fused-ring (bicyclic) bond motifs is 1. The van der Waals surface area contributed by atoms with Gasteiger partial charge in [0.1, 0.15) is 0 Å². The zero-order chi connectivity index (χ0) is 27.1. The van der Waals surface area contributed by atoms with E-state index in [4.69, 9.17) is 19.2 Å². The van der Waals surface area contributed by atoms with Gasteiger partial charge in [-0.1, -0.05) is 17.4 Å². The summed E-state index contributed by atoms with van der Waals surface area (Å²) in [6.07, 6.45) is 3.77. The number of sulfonamides is 1. The van der Waals surface area contributed by atoms with Crippen molar-refractivity contribution in [3.8, 4) is 0 Å². The van der Waals surface area contributed by atoms with Gasteiger partial charge in [0.25, 0.3) is 5.91 Å². The van der Waals surface area contributed by atoms with Gasteiger partial charge in [0, 0.05) is 44.4 Å². The molecule has 1 aliphatic heterocycles. The van der Waals surface area contributed by atoms with Crippen LogP contribution in [-0.2, 0) is 24.2 Å². The van der Waals surface area contributed by atoms with Gasteiger partial charge in [-0.25, -0.2) is 13.4 Å². The number of methoxy groups -OCH3 is 2. The Hall–Kier alpha value is -2.06. The van der Waals surface area contributed by atoms with E-state index in [9.17, 15) is 13.2 Å². The number of hydrogen-bond acceptors (Lipinski definition) is 9. The van der Waals surface area contributed by atoms with E-state index in [0.717, 1.165) is 28.0 Å². The van der Waals surface area contributed by atoms with Gasteiger partial charge in [-0.2, -0.15) is 4.31 Å². The molecule has 2 aromatic carbocycles. The van der Waals surface area contributed by atoms with Crippen LogP contribution >= 0.6 is 23.1 Å². The van der Waals surface area contributed by atoms with Crippen LogP contribution in [0, 0.1) is 0 Å². The summed E-state index contributed by atoms with van der Waals surface area (Å²) in [5.41, 5.74) is 1.26. The lowest BCUT2D eigenvalue weighted by Crippen LogP contribution is -2.38. The summed E-state index contributed by atoms with van der Waals surface area (Å²) in [4.78, 5) is 21.4. The van der Waals surface area contributed by atoms with Crippen LogP contribution in [0.5, 0.6) is 0 Å². The van der Waals surface area contributed by atoms with Gasteiger partial charge in [-0.15, -0.1) is 11.8 Å². The summed E-state index contributed by atoms with van der Waals surface area (Å²) >= 11 is 3.08. The highest BCUT2D eigenvalue weighted by Crippen LogP contribution is 2.35. The van der Waals surface area contributed by atoms with E-state index < -0.39 is 10.0 Å². The number of thiazole rings is 1. The number of thioether (sulfide) groups is 1. The average Bonchev–Trinajstić information content (AvgIpc) is 3.61. The molecule has 38 heavy (non-hydrogen) atoms. The van der Waals surface area contributed by atoms with Crippen LogP contribution in [-0.4, -0.2) is 89.6 Å². The van der Waals surface area contributed by atoms with Crippen molar-refractivity contribution < 1.29 is 27.4 Å². The molecule has 0 spiro atoms. The minimum absolute atomic E-state index is 0.0687. The molecule has 1 fully saturated rings. The Morgan fingerprint density at radius 1 is 1.13 bits per heavy atom. The molecule has 1 amide bonds. The fourth-order valence-electron chi connectivity index (χ4n) is 4.24. The van der Waals surface area contributed by atoms with Crippen molar-refractivity contribution in [1.29, 1.82) is 0 Å². The number of carbonyl (C=O) groups is 1. The quantitative estimate of drug-likeness (QED) is 0.279. The zero-order valence-electron chi connectivity index (χ0n) is 21.8. The minimum Gasteiger partial charge on any atom is -0.383 e. The predicted octanol–water partition coefficient (Wildman–Crippen LogP) is 4.13. The average molecular weight is 580 g/mol. The van der Waals surface area contributed by atoms with Crippen molar-refractivity contribution in [1.82, 2.24) is 9.29 Å². The number of nitrogens with zero attached hydrogens (tertiary/aromatic N) is 3. The highest BCUT2D eigenvalue weighted by atomic mass is 32.2. The van der Waals surface area contributed by atoms with Gasteiger partial charge >= 0.3 is 0 Å². The molecule has 1 unspecified atom stereocenters. The highest BCUT2D eigenvalue weighted by Gasteiger charge is 2.29. The van der Waals surface area contributed by atoms with Crippen LogP contribution in [0.4, 0.5) is 5.13 Å². The smallest absolute Gasteiger partial charge is 0.260 e. The number of benzene rings is 2. The van der Waals surface area contributed by atoms with E-state index in [2.05, 4.69) is 0 Å². The standard InChI is InChI=1S/C26H33N3O6S3/c1-33-16-13-28(14-17-34-2)38(31,32)21-11-9-19(10-12-21)25(30)29(18-20-6-5-15-35-20)26-27-24-22(36-3)7-4-8-23(24)37-26/h4,7-12,20H,5-6,13-18H2,1-3H3. The maximum atomic E-state index is 13.8. The topological polar surface area (TPSA) is 98.3 Å². The number of para-hydroxylation sites is 1. The Kier molecular flexibility index (Phi) is 10.2. The Morgan fingerprint density at radius 3 is 2.45 bits per heavy atom. The number of anilines is 1. The number of amides is 1. The zero-order valence-corrected chi connectivity index (χ0v) is 24.2. The van der Waals surface area contributed by atoms with Gasteiger partial charge in [0.2, 0.25) is 10.0 Å². The van der Waals surface area contributed by atoms with Crippen molar-refractivity contribution in [3.63, 3.8) is 0 Å². The lowest BCUT2D eigenvalue weighted by molar-refractivity contribution is 0.0917. The lowest BCUT2D eigenvalue weighted by atomic mass is 10.2. The summed E-state index contributed by atoms with van der Waals surface area (Å²) in [5, 5.41) is 0.601. The molecule has 1 aliphatic rings. The molecule has 0 N–H and O–H groups in total.